The molecule has 0 spiro atoms. The van der Waals surface area contributed by atoms with Gasteiger partial charge in [-0.25, -0.2) is 0 Å². The minimum atomic E-state index is -0.786. The van der Waals surface area contributed by atoms with Gasteiger partial charge in [0.1, 0.15) is 13.2 Å². The molecule has 0 saturated heterocycles. The maximum atomic E-state index is 12.9. The molecule has 1 unspecified atom stereocenters. The van der Waals surface area contributed by atoms with Crippen LogP contribution in [0.3, 0.4) is 0 Å². The molecule has 6 nitrogen and oxygen atoms in total. The van der Waals surface area contributed by atoms with Gasteiger partial charge < -0.3 is 14.2 Å². The Kier molecular flexibility index (Phi) is 63.6. The number of hydrogen-bond acceptors (Lipinski definition) is 6. The number of carbonyl (C=O) groups excluding carboxylic acids is 3. The SMILES string of the molecule is CCCCCC/C=C\C/C=C\CCCCCCCC(=O)OCC(COC(=O)CCCCCCCCCCCCCCCCCCCCCCCCCCCCC)OC(=O)CCCCCCC/C=C\C/C=C\CCCCCC. The second kappa shape index (κ2) is 65.9. The van der Waals surface area contributed by atoms with Crippen LogP contribution < -0.4 is 0 Å². The summed E-state index contributed by atoms with van der Waals surface area (Å²) in [6.07, 6.45) is 82.8. The summed E-state index contributed by atoms with van der Waals surface area (Å²) in [6, 6.07) is 0. The fourth-order valence-electron chi connectivity index (χ4n) is 10.2. The molecule has 0 bridgehead atoms. The van der Waals surface area contributed by atoms with Crippen LogP contribution >= 0.6 is 0 Å². The van der Waals surface area contributed by atoms with E-state index in [1.807, 2.05) is 0 Å². The van der Waals surface area contributed by atoms with Gasteiger partial charge in [0, 0.05) is 19.3 Å². The molecule has 1 atom stereocenters. The summed E-state index contributed by atoms with van der Waals surface area (Å²) in [5, 5.41) is 0. The van der Waals surface area contributed by atoms with Gasteiger partial charge in [0.2, 0.25) is 0 Å². The molecule has 0 aromatic rings. The van der Waals surface area contributed by atoms with Crippen molar-refractivity contribution >= 4 is 17.9 Å². The number of carbonyl (C=O) groups is 3. The Bertz CT molecular complexity index is 1330. The molecule has 0 aromatic heterocycles. The Labute approximate surface area is 479 Å². The summed E-state index contributed by atoms with van der Waals surface area (Å²) in [5.41, 5.74) is 0. The van der Waals surface area contributed by atoms with E-state index in [9.17, 15) is 14.4 Å². The molecule has 0 aliphatic carbocycles. The van der Waals surface area contributed by atoms with Crippen molar-refractivity contribution in [3.05, 3.63) is 48.6 Å². The molecule has 450 valence electrons. The second-order valence-corrected chi connectivity index (χ2v) is 23.1. The zero-order valence-electron chi connectivity index (χ0n) is 51.7. The van der Waals surface area contributed by atoms with E-state index >= 15 is 0 Å². The van der Waals surface area contributed by atoms with Gasteiger partial charge in [-0.05, 0) is 83.5 Å². The van der Waals surface area contributed by atoms with E-state index in [1.165, 1.54) is 225 Å². The van der Waals surface area contributed by atoms with Gasteiger partial charge in [-0.3, -0.25) is 14.4 Å². The fourth-order valence-corrected chi connectivity index (χ4v) is 10.2. The summed E-state index contributed by atoms with van der Waals surface area (Å²) in [5.74, 6) is -0.886. The van der Waals surface area contributed by atoms with E-state index in [0.29, 0.717) is 19.3 Å². The number of ether oxygens (including phenoxy) is 3. The lowest BCUT2D eigenvalue weighted by atomic mass is 10.0. The standard InChI is InChI=1S/C71H130O6/c1-4-7-10-13-16-19-22-25-28-31-32-33-34-35-36-37-38-39-40-41-44-46-49-52-55-58-61-64-70(73)76-67-68(77-71(74)65-62-59-56-53-50-47-43-30-27-24-21-18-15-12-9-6-3)66-75-69(72)63-60-57-54-51-48-45-42-29-26-23-20-17-14-11-8-5-2/h20-21,23-24,29-30,42-43,68H,4-19,22,25-28,31-41,44-67H2,1-3H3/b23-20-,24-21-,42-29-,43-30-. The maximum absolute atomic E-state index is 12.9. The Morgan fingerprint density at radius 2 is 0.468 bits per heavy atom. The van der Waals surface area contributed by atoms with Crippen LogP contribution in [0.2, 0.25) is 0 Å². The van der Waals surface area contributed by atoms with Crippen molar-refractivity contribution in [3.8, 4) is 0 Å². The van der Waals surface area contributed by atoms with Crippen LogP contribution in [0.4, 0.5) is 0 Å². The average molecular weight is 1080 g/mol. The lowest BCUT2D eigenvalue weighted by Crippen LogP contribution is -2.30. The number of rotatable bonds is 63. The van der Waals surface area contributed by atoms with Crippen molar-refractivity contribution in [1.29, 1.82) is 0 Å². The van der Waals surface area contributed by atoms with Crippen molar-refractivity contribution in [3.63, 3.8) is 0 Å². The quantitative estimate of drug-likeness (QED) is 0.0261. The summed E-state index contributed by atoms with van der Waals surface area (Å²) in [4.78, 5) is 38.4. The molecule has 0 saturated carbocycles. The number of hydrogen-bond donors (Lipinski definition) is 0. The summed E-state index contributed by atoms with van der Waals surface area (Å²) >= 11 is 0. The van der Waals surface area contributed by atoms with E-state index in [1.54, 1.807) is 0 Å². The Hall–Kier alpha value is -2.63. The van der Waals surface area contributed by atoms with Crippen molar-refractivity contribution in [1.82, 2.24) is 0 Å². The first-order valence-electron chi connectivity index (χ1n) is 34.1. The first-order valence-corrected chi connectivity index (χ1v) is 34.1. The van der Waals surface area contributed by atoms with Gasteiger partial charge in [0.05, 0.1) is 0 Å². The summed E-state index contributed by atoms with van der Waals surface area (Å²) in [7, 11) is 0. The first kappa shape index (κ1) is 74.4. The maximum Gasteiger partial charge on any atom is 0.306 e. The minimum absolute atomic E-state index is 0.0800. The predicted octanol–water partition coefficient (Wildman–Crippen LogP) is 23.3. The van der Waals surface area contributed by atoms with E-state index in [-0.39, 0.29) is 31.1 Å². The third-order valence-electron chi connectivity index (χ3n) is 15.3. The minimum Gasteiger partial charge on any atom is -0.462 e. The van der Waals surface area contributed by atoms with Gasteiger partial charge in [0.15, 0.2) is 6.10 Å². The number of esters is 3. The third-order valence-corrected chi connectivity index (χ3v) is 15.3. The van der Waals surface area contributed by atoms with Crippen molar-refractivity contribution in [2.45, 2.75) is 374 Å². The van der Waals surface area contributed by atoms with Crippen LogP contribution in [-0.2, 0) is 28.6 Å². The van der Waals surface area contributed by atoms with E-state index < -0.39 is 6.10 Å². The third kappa shape index (κ3) is 64.1. The summed E-state index contributed by atoms with van der Waals surface area (Å²) in [6.45, 7) is 6.64. The molecule has 0 aromatic carbocycles. The molecule has 0 N–H and O–H groups in total. The lowest BCUT2D eigenvalue weighted by molar-refractivity contribution is -0.167. The molecule has 0 fully saturated rings. The monoisotopic (exact) mass is 1080 g/mol. The highest BCUT2D eigenvalue weighted by atomic mass is 16.6. The Balaban J connectivity index is 4.25. The Morgan fingerprint density at radius 3 is 0.727 bits per heavy atom. The summed E-state index contributed by atoms with van der Waals surface area (Å²) < 4.78 is 16.9. The molecule has 0 aliphatic rings. The zero-order valence-corrected chi connectivity index (χ0v) is 51.7. The van der Waals surface area contributed by atoms with Gasteiger partial charge in [0.25, 0.3) is 0 Å². The smallest absolute Gasteiger partial charge is 0.306 e. The average Bonchev–Trinajstić information content (AvgIpc) is 3.43. The molecular formula is C71H130O6. The van der Waals surface area contributed by atoms with Crippen molar-refractivity contribution < 1.29 is 28.6 Å². The normalized spacial score (nSPS) is 12.3. The first-order chi connectivity index (χ1) is 38.0. The van der Waals surface area contributed by atoms with Crippen LogP contribution in [0.5, 0.6) is 0 Å². The molecule has 0 radical (unpaired) electrons. The van der Waals surface area contributed by atoms with E-state index in [0.717, 1.165) is 103 Å². The molecule has 0 aliphatic heterocycles. The molecule has 0 rings (SSSR count). The highest BCUT2D eigenvalue weighted by Crippen LogP contribution is 2.18. The fraction of sp³-hybridized carbons (Fsp3) is 0.845. The van der Waals surface area contributed by atoms with Crippen LogP contribution in [0.1, 0.15) is 367 Å². The van der Waals surface area contributed by atoms with Crippen molar-refractivity contribution in [2.24, 2.45) is 0 Å². The molecule has 0 amide bonds. The predicted molar refractivity (Wildman–Crippen MR) is 335 cm³/mol. The van der Waals surface area contributed by atoms with E-state index in [2.05, 4.69) is 69.4 Å². The second-order valence-electron chi connectivity index (χ2n) is 23.1. The van der Waals surface area contributed by atoms with Gasteiger partial charge in [-0.2, -0.15) is 0 Å². The zero-order chi connectivity index (χ0) is 55.7. The van der Waals surface area contributed by atoms with Crippen LogP contribution in [0, 0.1) is 0 Å². The topological polar surface area (TPSA) is 78.9 Å². The van der Waals surface area contributed by atoms with Crippen LogP contribution in [-0.4, -0.2) is 37.2 Å². The molecular weight excluding hydrogens is 949 g/mol. The van der Waals surface area contributed by atoms with Crippen molar-refractivity contribution in [2.75, 3.05) is 13.2 Å². The van der Waals surface area contributed by atoms with E-state index in [4.69, 9.17) is 14.2 Å². The van der Waals surface area contributed by atoms with Crippen LogP contribution in [0.15, 0.2) is 48.6 Å². The van der Waals surface area contributed by atoms with Gasteiger partial charge in [-0.1, -0.05) is 313 Å². The lowest BCUT2D eigenvalue weighted by Gasteiger charge is -2.18. The van der Waals surface area contributed by atoms with Gasteiger partial charge >= 0.3 is 17.9 Å². The van der Waals surface area contributed by atoms with Crippen LogP contribution in [0.25, 0.3) is 0 Å². The Morgan fingerprint density at radius 1 is 0.260 bits per heavy atom. The molecule has 77 heavy (non-hydrogen) atoms. The highest BCUT2D eigenvalue weighted by Gasteiger charge is 2.19. The molecule has 0 heterocycles. The molecule has 6 heteroatoms. The number of unbranched alkanes of at least 4 members (excludes halogenated alkanes) is 44. The highest BCUT2D eigenvalue weighted by molar-refractivity contribution is 5.71. The largest absolute Gasteiger partial charge is 0.462 e. The number of allylic oxidation sites excluding steroid dienone is 8. The van der Waals surface area contributed by atoms with Gasteiger partial charge in [-0.15, -0.1) is 0 Å².